The highest BCUT2D eigenvalue weighted by Gasteiger charge is 2.25. The minimum Gasteiger partial charge on any atom is -0.478 e. The molecule has 0 aliphatic carbocycles. The van der Waals surface area contributed by atoms with E-state index in [4.69, 9.17) is 5.11 Å². The van der Waals surface area contributed by atoms with Crippen LogP contribution in [0.4, 0.5) is 11.6 Å². The number of piperidine rings is 1. The summed E-state index contributed by atoms with van der Waals surface area (Å²) in [7, 11) is 0. The van der Waals surface area contributed by atoms with Crippen molar-refractivity contribution in [1.82, 2.24) is 9.97 Å². The van der Waals surface area contributed by atoms with Crippen molar-refractivity contribution in [1.29, 1.82) is 0 Å². The zero-order valence-corrected chi connectivity index (χ0v) is 14.8. The maximum absolute atomic E-state index is 11.0. The topological polar surface area (TPSA) is 69.6 Å². The monoisotopic (exact) mass is 352 g/mol. The Hall–Kier alpha value is -2.63. The molecule has 0 radical (unpaired) electrons. The van der Waals surface area contributed by atoms with Gasteiger partial charge in [0, 0.05) is 38.2 Å². The van der Waals surface area contributed by atoms with Gasteiger partial charge in [0.2, 0.25) is 0 Å². The lowest BCUT2D eigenvalue weighted by Gasteiger charge is -2.28. The van der Waals surface area contributed by atoms with Crippen molar-refractivity contribution < 1.29 is 9.90 Å². The smallest absolute Gasteiger partial charge is 0.335 e. The summed E-state index contributed by atoms with van der Waals surface area (Å²) in [6.45, 7) is 4.02. The highest BCUT2D eigenvalue weighted by atomic mass is 16.4. The molecule has 2 aliphatic heterocycles. The van der Waals surface area contributed by atoms with Gasteiger partial charge in [-0.15, -0.1) is 0 Å². The number of aromatic nitrogens is 2. The van der Waals surface area contributed by atoms with E-state index in [9.17, 15) is 4.79 Å². The summed E-state index contributed by atoms with van der Waals surface area (Å²) in [5, 5.41) is 9.04. The van der Waals surface area contributed by atoms with E-state index in [2.05, 4.69) is 25.8 Å². The summed E-state index contributed by atoms with van der Waals surface area (Å²) < 4.78 is 0. The van der Waals surface area contributed by atoms with Crippen molar-refractivity contribution in [2.75, 3.05) is 36.0 Å². The van der Waals surface area contributed by atoms with Gasteiger partial charge in [0.1, 0.15) is 18.0 Å². The molecule has 0 unspecified atom stereocenters. The zero-order chi connectivity index (χ0) is 17.9. The summed E-state index contributed by atoms with van der Waals surface area (Å²) in [5.74, 6) is 1.55. The Balaban J connectivity index is 1.45. The lowest BCUT2D eigenvalue weighted by Crippen LogP contribution is -2.30. The molecular weight excluding hydrogens is 328 g/mol. The number of hydrogen-bond acceptors (Lipinski definition) is 5. The Kier molecular flexibility index (Phi) is 4.73. The SMILES string of the molecule is O=C(O)c1ccc([C@H]2CCN(c3cc(N4CCCCC4)ncn3)C2)cc1. The van der Waals surface area contributed by atoms with Crippen molar-refractivity contribution in [3.63, 3.8) is 0 Å². The Morgan fingerprint density at radius 3 is 2.35 bits per heavy atom. The van der Waals surface area contributed by atoms with Gasteiger partial charge in [-0.1, -0.05) is 12.1 Å². The molecule has 2 aliphatic rings. The number of hydrogen-bond donors (Lipinski definition) is 1. The minimum atomic E-state index is -0.879. The minimum absolute atomic E-state index is 0.338. The average Bonchev–Trinajstić information content (AvgIpc) is 3.19. The predicted octanol–water partition coefficient (Wildman–Crippen LogP) is 3.16. The average molecular weight is 352 g/mol. The normalized spacial score (nSPS) is 20.4. The van der Waals surface area contributed by atoms with E-state index in [0.717, 1.165) is 44.2 Å². The van der Waals surface area contributed by atoms with E-state index >= 15 is 0 Å². The van der Waals surface area contributed by atoms with Gasteiger partial charge in [-0.2, -0.15) is 0 Å². The van der Waals surface area contributed by atoms with Gasteiger partial charge in [0.25, 0.3) is 0 Å². The van der Waals surface area contributed by atoms with Crippen LogP contribution in [0.25, 0.3) is 0 Å². The molecule has 1 atom stereocenters. The fourth-order valence-corrected chi connectivity index (χ4v) is 3.94. The molecule has 0 saturated carbocycles. The van der Waals surface area contributed by atoms with Crippen LogP contribution in [0.2, 0.25) is 0 Å². The first-order chi connectivity index (χ1) is 12.7. The molecule has 3 heterocycles. The van der Waals surface area contributed by atoms with E-state index in [1.54, 1.807) is 18.5 Å². The van der Waals surface area contributed by atoms with Crippen LogP contribution in [-0.4, -0.2) is 47.2 Å². The van der Waals surface area contributed by atoms with Gasteiger partial charge < -0.3 is 14.9 Å². The lowest BCUT2D eigenvalue weighted by molar-refractivity contribution is 0.0697. The molecule has 1 aromatic carbocycles. The first-order valence-corrected chi connectivity index (χ1v) is 9.36. The van der Waals surface area contributed by atoms with Gasteiger partial charge in [-0.3, -0.25) is 0 Å². The highest BCUT2D eigenvalue weighted by Crippen LogP contribution is 2.31. The second-order valence-corrected chi connectivity index (χ2v) is 7.14. The third-order valence-corrected chi connectivity index (χ3v) is 5.46. The molecule has 136 valence electrons. The van der Waals surface area contributed by atoms with Crippen LogP contribution < -0.4 is 9.80 Å². The van der Waals surface area contributed by atoms with Crippen LogP contribution in [0, 0.1) is 0 Å². The molecule has 2 saturated heterocycles. The number of anilines is 2. The van der Waals surface area contributed by atoms with Gasteiger partial charge in [0.15, 0.2) is 0 Å². The van der Waals surface area contributed by atoms with Gasteiger partial charge in [0.05, 0.1) is 5.56 Å². The third kappa shape index (κ3) is 3.49. The lowest BCUT2D eigenvalue weighted by atomic mass is 9.97. The number of carboxylic acid groups (broad SMARTS) is 1. The largest absolute Gasteiger partial charge is 0.478 e. The molecule has 1 N–H and O–H groups in total. The summed E-state index contributed by atoms with van der Waals surface area (Å²) in [5.41, 5.74) is 1.54. The quantitative estimate of drug-likeness (QED) is 0.911. The van der Waals surface area contributed by atoms with Gasteiger partial charge >= 0.3 is 5.97 Å². The van der Waals surface area contributed by atoms with Crippen LogP contribution in [0.3, 0.4) is 0 Å². The Morgan fingerprint density at radius 2 is 1.65 bits per heavy atom. The number of benzene rings is 1. The van der Waals surface area contributed by atoms with E-state index in [0.29, 0.717) is 11.5 Å². The van der Waals surface area contributed by atoms with Crippen molar-refractivity contribution in [3.05, 3.63) is 47.8 Å². The predicted molar refractivity (Wildman–Crippen MR) is 101 cm³/mol. The van der Waals surface area contributed by atoms with E-state index in [1.807, 2.05) is 12.1 Å². The fourth-order valence-electron chi connectivity index (χ4n) is 3.94. The van der Waals surface area contributed by atoms with Gasteiger partial charge in [-0.05, 0) is 43.4 Å². The number of rotatable bonds is 4. The number of carbonyl (C=O) groups is 1. The third-order valence-electron chi connectivity index (χ3n) is 5.46. The van der Waals surface area contributed by atoms with Crippen LogP contribution in [0.1, 0.15) is 47.5 Å². The van der Waals surface area contributed by atoms with E-state index < -0.39 is 5.97 Å². The first kappa shape index (κ1) is 16.8. The Labute approximate surface area is 153 Å². The number of nitrogens with zero attached hydrogens (tertiary/aromatic N) is 4. The van der Waals surface area contributed by atoms with Crippen LogP contribution in [0.5, 0.6) is 0 Å². The van der Waals surface area contributed by atoms with Crippen molar-refractivity contribution >= 4 is 17.6 Å². The van der Waals surface area contributed by atoms with Crippen molar-refractivity contribution in [3.8, 4) is 0 Å². The van der Waals surface area contributed by atoms with Crippen LogP contribution in [-0.2, 0) is 0 Å². The summed E-state index contributed by atoms with van der Waals surface area (Å²) in [6.07, 6.45) is 6.50. The molecule has 2 aromatic rings. The Morgan fingerprint density at radius 1 is 0.962 bits per heavy atom. The summed E-state index contributed by atoms with van der Waals surface area (Å²) >= 11 is 0. The molecule has 0 amide bonds. The Bertz CT molecular complexity index is 772. The van der Waals surface area contributed by atoms with Crippen LogP contribution in [0.15, 0.2) is 36.7 Å². The maximum atomic E-state index is 11.0. The van der Waals surface area contributed by atoms with Crippen molar-refractivity contribution in [2.45, 2.75) is 31.6 Å². The molecule has 0 bridgehead atoms. The molecule has 26 heavy (non-hydrogen) atoms. The van der Waals surface area contributed by atoms with Crippen LogP contribution >= 0.6 is 0 Å². The van der Waals surface area contributed by atoms with E-state index in [-0.39, 0.29) is 0 Å². The molecule has 4 rings (SSSR count). The second kappa shape index (κ2) is 7.32. The summed E-state index contributed by atoms with van der Waals surface area (Å²) in [4.78, 5) is 24.6. The summed E-state index contributed by atoms with van der Waals surface area (Å²) in [6, 6.07) is 9.38. The highest BCUT2D eigenvalue weighted by molar-refractivity contribution is 5.87. The number of aromatic carboxylic acids is 1. The fraction of sp³-hybridized carbons (Fsp3) is 0.450. The van der Waals surface area contributed by atoms with Crippen molar-refractivity contribution in [2.24, 2.45) is 0 Å². The molecular formula is C20H24N4O2. The molecule has 6 nitrogen and oxygen atoms in total. The maximum Gasteiger partial charge on any atom is 0.335 e. The molecule has 2 fully saturated rings. The zero-order valence-electron chi connectivity index (χ0n) is 14.8. The van der Waals surface area contributed by atoms with E-state index in [1.165, 1.54) is 24.8 Å². The first-order valence-electron chi connectivity index (χ1n) is 9.36. The number of carboxylic acids is 1. The standard InChI is InChI=1S/C20H24N4O2/c25-20(26)16-6-4-15(5-7-16)17-8-11-24(13-17)19-12-18(21-14-22-19)23-9-2-1-3-10-23/h4-7,12,14,17H,1-3,8-11,13H2,(H,25,26)/t17-/m0/s1. The molecule has 1 aromatic heterocycles. The van der Waals surface area contributed by atoms with Gasteiger partial charge in [-0.25, -0.2) is 14.8 Å². The second-order valence-electron chi connectivity index (χ2n) is 7.14. The molecule has 6 heteroatoms. The molecule has 0 spiro atoms.